The summed E-state index contributed by atoms with van der Waals surface area (Å²) in [6.45, 7) is 3.35. The zero-order chi connectivity index (χ0) is 17.1. The van der Waals surface area contributed by atoms with Crippen LogP contribution in [0.2, 0.25) is 0 Å². The summed E-state index contributed by atoms with van der Waals surface area (Å²) < 4.78 is 5.18. The largest absolute Gasteiger partial charge is 0.504 e. The monoisotopic (exact) mass is 383 g/mol. The quantitative estimate of drug-likeness (QED) is 0.625. The predicted octanol–water partition coefficient (Wildman–Crippen LogP) is 3.08. The van der Waals surface area contributed by atoms with Crippen LogP contribution in [0.1, 0.15) is 4.88 Å². The number of thiocarbonyl (C=S) groups is 1. The molecule has 24 heavy (non-hydrogen) atoms. The van der Waals surface area contributed by atoms with Gasteiger partial charge in [0.05, 0.1) is 12.0 Å². The lowest BCUT2D eigenvalue weighted by Gasteiger charge is -2.34. The van der Waals surface area contributed by atoms with Gasteiger partial charge in [-0.15, -0.1) is 11.3 Å². The van der Waals surface area contributed by atoms with E-state index in [2.05, 4.69) is 15.9 Å². The highest BCUT2D eigenvalue weighted by Gasteiger charge is 2.20. The Kier molecular flexibility index (Phi) is 5.57. The molecule has 0 amide bonds. The van der Waals surface area contributed by atoms with Gasteiger partial charge in [-0.1, -0.05) is 12.2 Å². The predicted molar refractivity (Wildman–Crippen MR) is 102 cm³/mol. The Labute approximate surface area is 155 Å². The molecular formula is C16H18ClN3O2S2. The van der Waals surface area contributed by atoms with Gasteiger partial charge in [-0.25, -0.2) is 5.01 Å². The van der Waals surface area contributed by atoms with Crippen molar-refractivity contribution in [2.45, 2.75) is 0 Å². The van der Waals surface area contributed by atoms with Crippen LogP contribution in [0.4, 0.5) is 0 Å². The summed E-state index contributed by atoms with van der Waals surface area (Å²) in [4.78, 5) is 7.88. The number of hydrogen-bond acceptors (Lipinski definition) is 6. The molecule has 0 aliphatic carbocycles. The van der Waals surface area contributed by atoms with Gasteiger partial charge >= 0.3 is 0 Å². The summed E-state index contributed by atoms with van der Waals surface area (Å²) in [6.07, 6.45) is 0. The summed E-state index contributed by atoms with van der Waals surface area (Å²) in [6, 6.07) is 9.45. The minimum atomic E-state index is 0.138. The van der Waals surface area contributed by atoms with Crippen molar-refractivity contribution < 1.29 is 9.84 Å². The first-order valence-corrected chi connectivity index (χ1v) is 9.10. The topological polar surface area (TPSA) is 48.0 Å². The van der Waals surface area contributed by atoms with Crippen LogP contribution in [0.25, 0.3) is 10.4 Å². The highest BCUT2D eigenvalue weighted by Crippen LogP contribution is 2.35. The Morgan fingerprint density at radius 3 is 2.67 bits per heavy atom. The number of thiophene rings is 1. The number of benzene rings is 1. The van der Waals surface area contributed by atoms with Crippen LogP contribution in [0.3, 0.4) is 0 Å². The lowest BCUT2D eigenvalue weighted by molar-refractivity contribution is 0.163. The second-order valence-electron chi connectivity index (χ2n) is 5.41. The van der Waals surface area contributed by atoms with Gasteiger partial charge in [0.25, 0.3) is 0 Å². The molecule has 128 valence electrons. The van der Waals surface area contributed by atoms with E-state index in [0.29, 0.717) is 5.75 Å². The minimum Gasteiger partial charge on any atom is -0.504 e. The third-order valence-electron chi connectivity index (χ3n) is 3.97. The molecule has 1 aliphatic heterocycles. The molecule has 2 N–H and O–H groups in total. The highest BCUT2D eigenvalue weighted by molar-refractivity contribution is 7.81. The van der Waals surface area contributed by atoms with E-state index in [-0.39, 0.29) is 5.75 Å². The number of aromatic hydroxyl groups is 1. The van der Waals surface area contributed by atoms with Crippen LogP contribution in [0, 0.1) is 0 Å². The number of hydrogen-bond donors (Lipinski definition) is 2. The standard InChI is InChI=1S/C16H18ClN3O2S2/c1-22-13-10-11(2-3-12(13)21)14-4-5-15(24-14)16(23)19-6-8-20(18-17)9-7-19/h2-5,10,18,21H,6-9H2,1H3. The highest BCUT2D eigenvalue weighted by atomic mass is 35.5. The maximum atomic E-state index is 9.72. The van der Waals surface area contributed by atoms with E-state index in [1.807, 2.05) is 23.2 Å². The van der Waals surface area contributed by atoms with Gasteiger partial charge in [0.2, 0.25) is 0 Å². The first kappa shape index (κ1) is 17.4. The molecule has 2 aromatic rings. The number of piperazine rings is 1. The first-order valence-electron chi connectivity index (χ1n) is 7.50. The molecule has 8 heteroatoms. The molecule has 1 saturated heterocycles. The van der Waals surface area contributed by atoms with Gasteiger partial charge in [-0.2, -0.15) is 4.94 Å². The van der Waals surface area contributed by atoms with E-state index in [0.717, 1.165) is 46.5 Å². The number of halogens is 1. The Balaban J connectivity index is 1.75. The second kappa shape index (κ2) is 7.67. The fourth-order valence-corrected chi connectivity index (χ4v) is 4.10. The van der Waals surface area contributed by atoms with Crippen molar-refractivity contribution in [3.05, 3.63) is 35.2 Å². The number of nitrogens with one attached hydrogen (secondary N) is 1. The Morgan fingerprint density at radius 1 is 1.25 bits per heavy atom. The molecule has 1 fully saturated rings. The van der Waals surface area contributed by atoms with Crippen LogP contribution in [0.15, 0.2) is 30.3 Å². The maximum Gasteiger partial charge on any atom is 0.161 e. The molecular weight excluding hydrogens is 366 g/mol. The number of rotatable bonds is 4. The molecule has 5 nitrogen and oxygen atoms in total. The van der Waals surface area contributed by atoms with Gasteiger partial charge < -0.3 is 14.7 Å². The Morgan fingerprint density at radius 2 is 2.00 bits per heavy atom. The van der Waals surface area contributed by atoms with Crippen molar-refractivity contribution >= 4 is 40.3 Å². The Bertz CT molecular complexity index is 730. The molecule has 0 bridgehead atoms. The Hall–Kier alpha value is -1.38. The SMILES string of the molecule is COc1cc(-c2ccc(C(=S)N3CCN(NCl)CC3)s2)ccc1O. The number of hydrazine groups is 1. The average Bonchev–Trinajstić information content (AvgIpc) is 3.11. The molecule has 0 atom stereocenters. The molecule has 0 spiro atoms. The van der Waals surface area contributed by atoms with Gasteiger partial charge in [0, 0.05) is 31.1 Å². The molecule has 1 aliphatic rings. The number of ether oxygens (including phenoxy) is 1. The van der Waals surface area contributed by atoms with Crippen molar-refractivity contribution in [2.24, 2.45) is 0 Å². The third kappa shape index (κ3) is 3.65. The summed E-state index contributed by atoms with van der Waals surface area (Å²) >= 11 is 12.9. The van der Waals surface area contributed by atoms with Crippen LogP contribution in [0.5, 0.6) is 11.5 Å². The minimum absolute atomic E-state index is 0.138. The molecule has 0 saturated carbocycles. The summed E-state index contributed by atoms with van der Waals surface area (Å²) in [7, 11) is 1.54. The lowest BCUT2D eigenvalue weighted by Crippen LogP contribution is -2.50. The summed E-state index contributed by atoms with van der Waals surface area (Å²) in [5.41, 5.74) is 1.000. The van der Waals surface area contributed by atoms with Crippen LogP contribution in [-0.2, 0) is 0 Å². The molecule has 1 aromatic heterocycles. The fourth-order valence-electron chi connectivity index (χ4n) is 2.59. The van der Waals surface area contributed by atoms with Gasteiger partial charge in [-0.3, -0.25) is 0 Å². The number of nitrogens with zero attached hydrogens (tertiary/aromatic N) is 2. The second-order valence-corrected chi connectivity index (χ2v) is 7.05. The molecule has 2 heterocycles. The van der Waals surface area contributed by atoms with Crippen molar-refractivity contribution in [1.29, 1.82) is 0 Å². The average molecular weight is 384 g/mol. The summed E-state index contributed by atoms with van der Waals surface area (Å²) in [5.74, 6) is 0.606. The van der Waals surface area contributed by atoms with E-state index in [4.69, 9.17) is 28.7 Å². The molecule has 0 radical (unpaired) electrons. The maximum absolute atomic E-state index is 9.72. The molecule has 3 rings (SSSR count). The van der Waals surface area contributed by atoms with Gasteiger partial charge in [-0.05, 0) is 47.7 Å². The van der Waals surface area contributed by atoms with Crippen molar-refractivity contribution in [1.82, 2.24) is 14.9 Å². The van der Waals surface area contributed by atoms with Gasteiger partial charge in [0.1, 0.15) is 4.99 Å². The van der Waals surface area contributed by atoms with E-state index in [9.17, 15) is 5.11 Å². The molecule has 1 aromatic carbocycles. The van der Waals surface area contributed by atoms with Crippen molar-refractivity contribution in [3.8, 4) is 21.9 Å². The third-order valence-corrected chi connectivity index (χ3v) is 5.95. The summed E-state index contributed by atoms with van der Waals surface area (Å²) in [5, 5.41) is 11.7. The molecule has 0 unspecified atom stereocenters. The van der Waals surface area contributed by atoms with Gasteiger partial charge in [0.15, 0.2) is 11.5 Å². The van der Waals surface area contributed by atoms with Crippen molar-refractivity contribution in [3.63, 3.8) is 0 Å². The van der Waals surface area contributed by atoms with Crippen LogP contribution >= 0.6 is 35.3 Å². The number of phenols is 1. The number of phenolic OH excluding ortho intramolecular Hbond substituents is 1. The van der Waals surface area contributed by atoms with Crippen molar-refractivity contribution in [2.75, 3.05) is 33.3 Å². The normalized spacial score (nSPS) is 15.5. The van der Waals surface area contributed by atoms with Crippen LogP contribution in [-0.4, -0.2) is 53.3 Å². The zero-order valence-electron chi connectivity index (χ0n) is 13.2. The first-order chi connectivity index (χ1) is 11.6. The van der Waals surface area contributed by atoms with E-state index < -0.39 is 0 Å². The van der Waals surface area contributed by atoms with Crippen LogP contribution < -0.4 is 9.68 Å². The van der Waals surface area contributed by atoms with E-state index in [1.165, 1.54) is 0 Å². The van der Waals surface area contributed by atoms with E-state index in [1.54, 1.807) is 24.5 Å². The fraction of sp³-hybridized carbons (Fsp3) is 0.312. The number of methoxy groups -OCH3 is 1. The van der Waals surface area contributed by atoms with E-state index >= 15 is 0 Å². The lowest BCUT2D eigenvalue weighted by atomic mass is 10.1. The zero-order valence-corrected chi connectivity index (χ0v) is 15.5. The smallest absolute Gasteiger partial charge is 0.161 e.